The van der Waals surface area contributed by atoms with Crippen LogP contribution in [0.4, 0.5) is 0 Å². The summed E-state index contributed by atoms with van der Waals surface area (Å²) < 4.78 is 31.0. The van der Waals surface area contributed by atoms with Gasteiger partial charge in [0.25, 0.3) is 0 Å². The maximum absolute atomic E-state index is 11.8. The first kappa shape index (κ1) is 12.7. The van der Waals surface area contributed by atoms with E-state index in [-0.39, 0.29) is 11.4 Å². The zero-order valence-corrected chi connectivity index (χ0v) is 10.2. The van der Waals surface area contributed by atoms with Gasteiger partial charge in [0.2, 0.25) is 10.0 Å². The van der Waals surface area contributed by atoms with Crippen LogP contribution in [0.25, 0.3) is 0 Å². The highest BCUT2D eigenvalue weighted by atomic mass is 32.2. The lowest BCUT2D eigenvalue weighted by Gasteiger charge is -2.07. The van der Waals surface area contributed by atoms with Crippen molar-refractivity contribution < 1.29 is 13.2 Å². The van der Waals surface area contributed by atoms with Crippen molar-refractivity contribution in [1.29, 1.82) is 0 Å². The zero-order chi connectivity index (χ0) is 12.2. The van der Waals surface area contributed by atoms with Gasteiger partial charge in [0.15, 0.2) is 0 Å². The van der Waals surface area contributed by atoms with Crippen molar-refractivity contribution in [1.82, 2.24) is 4.72 Å². The van der Waals surface area contributed by atoms with Crippen LogP contribution < -0.4 is 9.46 Å². The van der Waals surface area contributed by atoms with Gasteiger partial charge < -0.3 is 4.74 Å². The third-order valence-electron chi connectivity index (χ3n) is 1.92. The molecule has 0 bridgehead atoms. The summed E-state index contributed by atoms with van der Waals surface area (Å²) in [5, 5.41) is 0. The highest BCUT2D eigenvalue weighted by molar-refractivity contribution is 7.89. The molecule has 1 aromatic rings. The number of hydrogen-bond acceptors (Lipinski definition) is 3. The molecule has 0 aliphatic rings. The predicted octanol–water partition coefficient (Wildman–Crippen LogP) is 1.55. The van der Waals surface area contributed by atoms with Crippen LogP contribution in [0.15, 0.2) is 41.3 Å². The van der Waals surface area contributed by atoms with Crippen LogP contribution in [0.1, 0.15) is 6.92 Å². The number of methoxy groups -OCH3 is 1. The van der Waals surface area contributed by atoms with Crippen molar-refractivity contribution in [2.24, 2.45) is 0 Å². The standard InChI is InChI=1S/C11H15NO3S/c1-9(2)8-12-16(13,14)11-6-4-5-10(7-11)15-3/h4-7,12H,1,8H2,2-3H3. The number of rotatable bonds is 5. The van der Waals surface area contributed by atoms with Crippen molar-refractivity contribution in [3.05, 3.63) is 36.4 Å². The van der Waals surface area contributed by atoms with Gasteiger partial charge in [0, 0.05) is 12.6 Å². The molecule has 5 heteroatoms. The molecular weight excluding hydrogens is 226 g/mol. The van der Waals surface area contributed by atoms with Crippen molar-refractivity contribution in [3.8, 4) is 5.75 Å². The molecule has 0 heterocycles. The number of nitrogens with one attached hydrogen (secondary N) is 1. The van der Waals surface area contributed by atoms with E-state index in [9.17, 15) is 8.42 Å². The second-order valence-corrected chi connectivity index (χ2v) is 5.23. The Morgan fingerprint density at radius 3 is 2.75 bits per heavy atom. The predicted molar refractivity (Wildman–Crippen MR) is 63.0 cm³/mol. The smallest absolute Gasteiger partial charge is 0.240 e. The minimum absolute atomic E-state index is 0.188. The minimum Gasteiger partial charge on any atom is -0.497 e. The third-order valence-corrected chi connectivity index (χ3v) is 3.31. The van der Waals surface area contributed by atoms with Crippen LogP contribution in [0.5, 0.6) is 5.75 Å². The zero-order valence-electron chi connectivity index (χ0n) is 9.36. The Hall–Kier alpha value is -1.33. The fraction of sp³-hybridized carbons (Fsp3) is 0.273. The second kappa shape index (κ2) is 5.14. The lowest BCUT2D eigenvalue weighted by molar-refractivity contribution is 0.413. The van der Waals surface area contributed by atoms with E-state index in [2.05, 4.69) is 11.3 Å². The number of hydrogen-bond donors (Lipinski definition) is 1. The summed E-state index contributed by atoms with van der Waals surface area (Å²) >= 11 is 0. The molecular formula is C11H15NO3S. The molecule has 0 saturated carbocycles. The average Bonchev–Trinajstić information content (AvgIpc) is 2.27. The highest BCUT2D eigenvalue weighted by Gasteiger charge is 2.13. The van der Waals surface area contributed by atoms with Gasteiger partial charge >= 0.3 is 0 Å². The second-order valence-electron chi connectivity index (χ2n) is 3.46. The summed E-state index contributed by atoms with van der Waals surface area (Å²) in [6.07, 6.45) is 0. The van der Waals surface area contributed by atoms with Crippen LogP contribution in [0.3, 0.4) is 0 Å². The fourth-order valence-electron chi connectivity index (χ4n) is 1.07. The quantitative estimate of drug-likeness (QED) is 0.796. The molecule has 16 heavy (non-hydrogen) atoms. The maximum atomic E-state index is 11.8. The normalized spacial score (nSPS) is 11.1. The lowest BCUT2D eigenvalue weighted by atomic mass is 10.3. The van der Waals surface area contributed by atoms with Gasteiger partial charge in [-0.3, -0.25) is 0 Å². The van der Waals surface area contributed by atoms with Crippen LogP contribution in [0.2, 0.25) is 0 Å². The number of benzene rings is 1. The van der Waals surface area contributed by atoms with E-state index in [1.807, 2.05) is 0 Å². The van der Waals surface area contributed by atoms with Crippen molar-refractivity contribution in [3.63, 3.8) is 0 Å². The molecule has 1 aromatic carbocycles. The van der Waals surface area contributed by atoms with Crippen molar-refractivity contribution >= 4 is 10.0 Å². The van der Waals surface area contributed by atoms with Gasteiger partial charge in [-0.05, 0) is 19.1 Å². The van der Waals surface area contributed by atoms with E-state index < -0.39 is 10.0 Å². The van der Waals surface area contributed by atoms with Crippen LogP contribution in [0, 0.1) is 0 Å². The topological polar surface area (TPSA) is 55.4 Å². The molecule has 0 atom stereocenters. The van der Waals surface area contributed by atoms with Gasteiger partial charge in [-0.15, -0.1) is 0 Å². The summed E-state index contributed by atoms with van der Waals surface area (Å²) in [7, 11) is -1.99. The fourth-order valence-corrected chi connectivity index (χ4v) is 2.20. The Labute approximate surface area is 96.0 Å². The maximum Gasteiger partial charge on any atom is 0.240 e. The molecule has 0 aliphatic heterocycles. The third kappa shape index (κ3) is 3.36. The van der Waals surface area contributed by atoms with E-state index in [1.165, 1.54) is 19.2 Å². The molecule has 0 spiro atoms. The largest absolute Gasteiger partial charge is 0.497 e. The molecule has 0 saturated heterocycles. The van der Waals surface area contributed by atoms with Crippen LogP contribution in [-0.2, 0) is 10.0 Å². The van der Waals surface area contributed by atoms with Crippen LogP contribution >= 0.6 is 0 Å². The van der Waals surface area contributed by atoms with E-state index >= 15 is 0 Å². The first-order valence-electron chi connectivity index (χ1n) is 4.74. The Balaban J connectivity index is 2.93. The van der Waals surface area contributed by atoms with Gasteiger partial charge in [0.1, 0.15) is 5.75 Å². The molecule has 1 rings (SSSR count). The molecule has 0 unspecified atom stereocenters. The summed E-state index contributed by atoms with van der Waals surface area (Å²) in [4.78, 5) is 0.188. The molecule has 0 aromatic heterocycles. The summed E-state index contributed by atoms with van der Waals surface area (Å²) in [5.41, 5.74) is 0.756. The molecule has 1 N–H and O–H groups in total. The van der Waals surface area contributed by atoms with Crippen LogP contribution in [-0.4, -0.2) is 22.1 Å². The number of ether oxygens (including phenoxy) is 1. The molecule has 0 aliphatic carbocycles. The number of sulfonamides is 1. The van der Waals surface area contributed by atoms with E-state index in [4.69, 9.17) is 4.74 Å². The monoisotopic (exact) mass is 241 g/mol. The summed E-state index contributed by atoms with van der Waals surface area (Å²) in [6.45, 7) is 5.63. The Morgan fingerprint density at radius 2 is 2.19 bits per heavy atom. The first-order valence-corrected chi connectivity index (χ1v) is 6.22. The van der Waals surface area contributed by atoms with Gasteiger partial charge in [-0.2, -0.15) is 0 Å². The molecule has 0 radical (unpaired) electrons. The van der Waals surface area contributed by atoms with Gasteiger partial charge in [0.05, 0.1) is 12.0 Å². The Bertz CT molecular complexity index is 480. The van der Waals surface area contributed by atoms with Crippen molar-refractivity contribution in [2.75, 3.05) is 13.7 Å². The minimum atomic E-state index is -3.48. The average molecular weight is 241 g/mol. The van der Waals surface area contributed by atoms with Crippen molar-refractivity contribution in [2.45, 2.75) is 11.8 Å². The van der Waals surface area contributed by atoms with E-state index in [0.29, 0.717) is 5.75 Å². The van der Waals surface area contributed by atoms with Gasteiger partial charge in [-0.25, -0.2) is 13.1 Å². The van der Waals surface area contributed by atoms with E-state index in [0.717, 1.165) is 5.57 Å². The highest BCUT2D eigenvalue weighted by Crippen LogP contribution is 2.16. The first-order chi connectivity index (χ1) is 7.45. The Kier molecular flexibility index (Phi) is 4.09. The summed E-state index contributed by atoms with van der Waals surface area (Å²) in [6, 6.07) is 6.32. The molecule has 0 amide bonds. The summed E-state index contributed by atoms with van der Waals surface area (Å²) in [5.74, 6) is 0.512. The molecule has 4 nitrogen and oxygen atoms in total. The SMILES string of the molecule is C=C(C)CNS(=O)(=O)c1cccc(OC)c1. The lowest BCUT2D eigenvalue weighted by Crippen LogP contribution is -2.25. The van der Waals surface area contributed by atoms with E-state index in [1.54, 1.807) is 19.1 Å². The molecule has 0 fully saturated rings. The van der Waals surface area contributed by atoms with Gasteiger partial charge in [-0.1, -0.05) is 18.2 Å². The molecule has 88 valence electrons. The Morgan fingerprint density at radius 1 is 1.50 bits per heavy atom.